The molecule has 7 heteroatoms. The molecular formula is C28H19Cl2NO4. The van der Waals surface area contributed by atoms with E-state index in [4.69, 9.17) is 27.9 Å². The van der Waals surface area contributed by atoms with Gasteiger partial charge >= 0.3 is 0 Å². The SMILES string of the molecule is COc1cc(/C(O)=C2/C(=O)C(=O)N(c3cccc(Cl)c3)C2c2cccc3ccccc23)ccc1Cl. The second-order valence-electron chi connectivity index (χ2n) is 8.07. The lowest BCUT2D eigenvalue weighted by atomic mass is 9.91. The maximum atomic E-state index is 13.4. The number of hydrogen-bond donors (Lipinski definition) is 1. The molecule has 1 aliphatic rings. The molecule has 0 aromatic heterocycles. The van der Waals surface area contributed by atoms with Crippen LogP contribution in [0.5, 0.6) is 5.75 Å². The molecule has 1 aliphatic heterocycles. The van der Waals surface area contributed by atoms with Crippen LogP contribution in [0.2, 0.25) is 10.0 Å². The van der Waals surface area contributed by atoms with E-state index in [1.807, 2.05) is 42.5 Å². The number of methoxy groups -OCH3 is 1. The number of aliphatic hydroxyl groups excluding tert-OH is 1. The van der Waals surface area contributed by atoms with Crippen molar-refractivity contribution >= 4 is 57.1 Å². The number of amides is 1. The third-order valence-corrected chi connectivity index (χ3v) is 6.62. The van der Waals surface area contributed by atoms with E-state index in [9.17, 15) is 14.7 Å². The highest BCUT2D eigenvalue weighted by Gasteiger charge is 2.47. The fourth-order valence-corrected chi connectivity index (χ4v) is 4.85. The number of benzene rings is 4. The van der Waals surface area contributed by atoms with E-state index >= 15 is 0 Å². The Morgan fingerprint density at radius 1 is 0.914 bits per heavy atom. The van der Waals surface area contributed by atoms with Crippen LogP contribution in [0.25, 0.3) is 16.5 Å². The largest absolute Gasteiger partial charge is 0.507 e. The van der Waals surface area contributed by atoms with Crippen molar-refractivity contribution in [1.29, 1.82) is 0 Å². The van der Waals surface area contributed by atoms with E-state index in [1.54, 1.807) is 36.4 Å². The molecule has 1 fully saturated rings. The average Bonchev–Trinajstić information content (AvgIpc) is 3.13. The van der Waals surface area contributed by atoms with Crippen LogP contribution < -0.4 is 9.64 Å². The monoisotopic (exact) mass is 503 g/mol. The highest BCUT2D eigenvalue weighted by molar-refractivity contribution is 6.52. The van der Waals surface area contributed by atoms with E-state index in [1.165, 1.54) is 18.1 Å². The number of fused-ring (bicyclic) bond motifs is 1. The summed E-state index contributed by atoms with van der Waals surface area (Å²) in [4.78, 5) is 28.2. The Kier molecular flexibility index (Phi) is 5.97. The Balaban J connectivity index is 1.81. The van der Waals surface area contributed by atoms with Gasteiger partial charge in [-0.3, -0.25) is 14.5 Å². The van der Waals surface area contributed by atoms with Gasteiger partial charge in [0.1, 0.15) is 11.5 Å². The summed E-state index contributed by atoms with van der Waals surface area (Å²) in [5.41, 5.74) is 1.42. The first-order valence-corrected chi connectivity index (χ1v) is 11.5. The highest BCUT2D eigenvalue weighted by Crippen LogP contribution is 2.45. The zero-order valence-corrected chi connectivity index (χ0v) is 20.0. The fraction of sp³-hybridized carbons (Fsp3) is 0.0714. The normalized spacial score (nSPS) is 17.2. The first kappa shape index (κ1) is 23.0. The minimum atomic E-state index is -0.888. The van der Waals surface area contributed by atoms with Crippen LogP contribution in [-0.4, -0.2) is 23.9 Å². The summed E-state index contributed by atoms with van der Waals surface area (Å²) in [5, 5.41) is 14.0. The number of rotatable bonds is 4. The molecule has 5 rings (SSSR count). The summed E-state index contributed by atoms with van der Waals surface area (Å²) in [6, 6.07) is 23.9. The summed E-state index contributed by atoms with van der Waals surface area (Å²) in [5.74, 6) is -1.54. The van der Waals surface area contributed by atoms with E-state index in [-0.39, 0.29) is 11.3 Å². The van der Waals surface area contributed by atoms with Crippen LogP contribution >= 0.6 is 23.2 Å². The van der Waals surface area contributed by atoms with E-state index in [0.29, 0.717) is 32.6 Å². The number of carbonyl (C=O) groups is 2. The van der Waals surface area contributed by atoms with Crippen molar-refractivity contribution < 1.29 is 19.4 Å². The molecule has 5 nitrogen and oxygen atoms in total. The second kappa shape index (κ2) is 9.10. The van der Waals surface area contributed by atoms with Crippen molar-refractivity contribution in [2.24, 2.45) is 0 Å². The second-order valence-corrected chi connectivity index (χ2v) is 8.91. The number of Topliss-reactive ketones (excluding diaryl/α,β-unsaturated/α-hetero) is 1. The van der Waals surface area contributed by atoms with Gasteiger partial charge in [0, 0.05) is 16.3 Å². The molecular weight excluding hydrogens is 485 g/mol. The standard InChI is InChI=1S/C28H19Cl2NO4/c1-35-23-14-17(12-13-22(23)30)26(32)24-25(21-11-4-7-16-6-2-3-10-20(16)21)31(28(34)27(24)33)19-9-5-8-18(29)15-19/h2-15,25,32H,1H3/b26-24-. The topological polar surface area (TPSA) is 66.8 Å². The van der Waals surface area contributed by atoms with Crippen LogP contribution in [-0.2, 0) is 9.59 Å². The molecule has 1 heterocycles. The number of ether oxygens (including phenoxy) is 1. The van der Waals surface area contributed by atoms with Crippen LogP contribution in [0, 0.1) is 0 Å². The number of halogens is 2. The predicted octanol–water partition coefficient (Wildman–Crippen LogP) is 6.78. The van der Waals surface area contributed by atoms with E-state index in [2.05, 4.69) is 0 Å². The van der Waals surface area contributed by atoms with Crippen LogP contribution in [0.15, 0.2) is 90.5 Å². The zero-order chi connectivity index (χ0) is 24.7. The van der Waals surface area contributed by atoms with Gasteiger partial charge in [0.2, 0.25) is 0 Å². The summed E-state index contributed by atoms with van der Waals surface area (Å²) in [7, 11) is 1.46. The van der Waals surface area contributed by atoms with Crippen molar-refractivity contribution in [3.8, 4) is 5.75 Å². The molecule has 174 valence electrons. The van der Waals surface area contributed by atoms with Gasteiger partial charge in [0.15, 0.2) is 0 Å². The Morgan fingerprint density at radius 3 is 2.43 bits per heavy atom. The van der Waals surface area contributed by atoms with Gasteiger partial charge in [-0.1, -0.05) is 71.7 Å². The van der Waals surface area contributed by atoms with Crippen molar-refractivity contribution in [3.63, 3.8) is 0 Å². The number of hydrogen-bond acceptors (Lipinski definition) is 4. The first-order valence-electron chi connectivity index (χ1n) is 10.8. The molecule has 1 amide bonds. The average molecular weight is 504 g/mol. The Hall–Kier alpha value is -3.80. The molecule has 0 spiro atoms. The highest BCUT2D eigenvalue weighted by atomic mass is 35.5. The molecule has 35 heavy (non-hydrogen) atoms. The third-order valence-electron chi connectivity index (χ3n) is 6.07. The number of aliphatic hydroxyl groups is 1. The molecule has 0 radical (unpaired) electrons. The minimum Gasteiger partial charge on any atom is -0.507 e. The van der Waals surface area contributed by atoms with Crippen molar-refractivity contribution in [3.05, 3.63) is 112 Å². The van der Waals surface area contributed by atoms with Gasteiger partial charge in [-0.05, 0) is 52.7 Å². The Labute approximate surface area is 211 Å². The lowest BCUT2D eigenvalue weighted by Gasteiger charge is -2.26. The van der Waals surface area contributed by atoms with Gasteiger partial charge in [-0.2, -0.15) is 0 Å². The molecule has 4 aromatic carbocycles. The molecule has 4 aromatic rings. The van der Waals surface area contributed by atoms with Gasteiger partial charge < -0.3 is 9.84 Å². The molecule has 1 atom stereocenters. The minimum absolute atomic E-state index is 0.0318. The number of ketones is 1. The summed E-state index contributed by atoms with van der Waals surface area (Å²) in [6.45, 7) is 0. The van der Waals surface area contributed by atoms with Gasteiger partial charge in [0.05, 0.1) is 23.7 Å². The molecule has 0 aliphatic carbocycles. The van der Waals surface area contributed by atoms with Gasteiger partial charge in [0.25, 0.3) is 11.7 Å². The fourth-order valence-electron chi connectivity index (χ4n) is 4.47. The van der Waals surface area contributed by atoms with Crippen LogP contribution in [0.1, 0.15) is 17.2 Å². The summed E-state index contributed by atoms with van der Waals surface area (Å²) < 4.78 is 5.28. The predicted molar refractivity (Wildman–Crippen MR) is 138 cm³/mol. The first-order chi connectivity index (χ1) is 16.9. The molecule has 0 saturated carbocycles. The van der Waals surface area contributed by atoms with Gasteiger partial charge in [-0.15, -0.1) is 0 Å². The Bertz CT molecular complexity index is 1520. The molecule has 1 N–H and O–H groups in total. The van der Waals surface area contributed by atoms with Crippen molar-refractivity contribution in [2.45, 2.75) is 6.04 Å². The molecule has 0 bridgehead atoms. The van der Waals surface area contributed by atoms with E-state index < -0.39 is 17.7 Å². The number of anilines is 1. The maximum Gasteiger partial charge on any atom is 0.300 e. The third kappa shape index (κ3) is 3.93. The quantitative estimate of drug-likeness (QED) is 0.189. The maximum absolute atomic E-state index is 13.4. The number of carbonyl (C=O) groups excluding carboxylic acids is 2. The summed E-state index contributed by atoms with van der Waals surface area (Å²) >= 11 is 12.4. The van der Waals surface area contributed by atoms with Crippen molar-refractivity contribution in [2.75, 3.05) is 12.0 Å². The molecule has 1 unspecified atom stereocenters. The van der Waals surface area contributed by atoms with E-state index in [0.717, 1.165) is 10.8 Å². The molecule has 1 saturated heterocycles. The van der Waals surface area contributed by atoms with Crippen LogP contribution in [0.3, 0.4) is 0 Å². The smallest absolute Gasteiger partial charge is 0.300 e. The summed E-state index contributed by atoms with van der Waals surface area (Å²) in [6.07, 6.45) is 0. The lowest BCUT2D eigenvalue weighted by molar-refractivity contribution is -0.132. The lowest BCUT2D eigenvalue weighted by Crippen LogP contribution is -2.29. The Morgan fingerprint density at radius 2 is 1.66 bits per heavy atom. The van der Waals surface area contributed by atoms with Gasteiger partial charge in [-0.25, -0.2) is 0 Å². The van der Waals surface area contributed by atoms with Crippen LogP contribution in [0.4, 0.5) is 5.69 Å². The van der Waals surface area contributed by atoms with Crippen molar-refractivity contribution in [1.82, 2.24) is 0 Å². The zero-order valence-electron chi connectivity index (χ0n) is 18.5. The number of nitrogens with zero attached hydrogens (tertiary/aromatic N) is 1.